The molecule has 2 aromatic rings. The van der Waals surface area contributed by atoms with E-state index < -0.39 is 11.8 Å². The minimum atomic E-state index is -0.881. The number of nitrogens with zero attached hydrogens (tertiary/aromatic N) is 2. The zero-order chi connectivity index (χ0) is 17.7. The Bertz CT molecular complexity index is 758. The number of hydrazone groups is 2. The highest BCUT2D eigenvalue weighted by Crippen LogP contribution is 2.23. The van der Waals surface area contributed by atoms with Crippen molar-refractivity contribution in [2.45, 2.75) is 13.8 Å². The molecule has 0 aliphatic rings. The van der Waals surface area contributed by atoms with Gasteiger partial charge in [0.25, 0.3) is 0 Å². The van der Waals surface area contributed by atoms with Crippen molar-refractivity contribution >= 4 is 77.8 Å². The first-order valence-electron chi connectivity index (χ1n) is 6.57. The monoisotopic (exact) mass is 490 g/mol. The molecule has 24 heavy (non-hydrogen) atoms. The van der Waals surface area contributed by atoms with Crippen LogP contribution in [0.1, 0.15) is 23.6 Å². The van der Waals surface area contributed by atoms with Crippen molar-refractivity contribution in [3.8, 4) is 0 Å². The maximum Gasteiger partial charge on any atom is 0.331 e. The van der Waals surface area contributed by atoms with Crippen LogP contribution in [0.4, 0.5) is 0 Å². The lowest BCUT2D eigenvalue weighted by Gasteiger charge is -2.01. The number of amides is 2. The molecule has 126 valence electrons. The summed E-state index contributed by atoms with van der Waals surface area (Å²) >= 11 is 9.67. The fraction of sp³-hybridized carbons (Fsp3) is 0.143. The molecular formula is C14H12Br2N4O2S2. The summed E-state index contributed by atoms with van der Waals surface area (Å²) in [5.74, 6) is -1.76. The van der Waals surface area contributed by atoms with Crippen LogP contribution < -0.4 is 10.9 Å². The van der Waals surface area contributed by atoms with Gasteiger partial charge < -0.3 is 0 Å². The molecule has 2 heterocycles. The Kier molecular flexibility index (Phi) is 6.84. The number of carbonyl (C=O) groups is 2. The van der Waals surface area contributed by atoms with E-state index in [0.717, 1.165) is 17.3 Å². The highest BCUT2D eigenvalue weighted by molar-refractivity contribution is 9.11. The molecule has 0 spiro atoms. The van der Waals surface area contributed by atoms with Crippen molar-refractivity contribution in [3.63, 3.8) is 0 Å². The molecule has 0 aliphatic carbocycles. The molecule has 0 atom stereocenters. The molecule has 0 bridgehead atoms. The van der Waals surface area contributed by atoms with Gasteiger partial charge in [-0.3, -0.25) is 9.59 Å². The molecule has 0 unspecified atom stereocenters. The standard InChI is InChI=1S/C14H12Br2N4O2S2/c1-7(9-3-5-11(15)23-9)17-19-13(21)14(22)20-18-8(2)10-4-6-12(16)24-10/h3-6H,1-2H3,(H,19,21)(H,20,22). The Hall–Kier alpha value is -1.36. The van der Waals surface area contributed by atoms with Crippen molar-refractivity contribution in [3.05, 3.63) is 41.6 Å². The van der Waals surface area contributed by atoms with E-state index in [2.05, 4.69) is 52.9 Å². The molecule has 0 fully saturated rings. The maximum absolute atomic E-state index is 11.7. The van der Waals surface area contributed by atoms with E-state index >= 15 is 0 Å². The molecule has 2 rings (SSSR count). The molecule has 0 saturated heterocycles. The molecule has 10 heteroatoms. The summed E-state index contributed by atoms with van der Waals surface area (Å²) in [6, 6.07) is 7.50. The largest absolute Gasteiger partial charge is 0.331 e. The molecule has 2 amide bonds. The molecule has 2 N–H and O–H groups in total. The van der Waals surface area contributed by atoms with Crippen molar-refractivity contribution in [1.29, 1.82) is 0 Å². The van der Waals surface area contributed by atoms with Gasteiger partial charge in [-0.25, -0.2) is 10.9 Å². The van der Waals surface area contributed by atoms with E-state index in [1.165, 1.54) is 22.7 Å². The number of hydrogen-bond acceptors (Lipinski definition) is 6. The SMILES string of the molecule is CC(=NNC(=O)C(=O)NN=C(C)c1ccc(Br)s1)c1ccc(Br)s1. The van der Waals surface area contributed by atoms with Gasteiger partial charge in [-0.15, -0.1) is 22.7 Å². The number of halogens is 2. The summed E-state index contributed by atoms with van der Waals surface area (Å²) in [4.78, 5) is 25.2. The summed E-state index contributed by atoms with van der Waals surface area (Å²) in [5, 5.41) is 7.82. The van der Waals surface area contributed by atoms with Crippen LogP contribution >= 0.6 is 54.5 Å². The fourth-order valence-corrected chi connectivity index (χ4v) is 4.16. The Balaban J connectivity index is 1.91. The van der Waals surface area contributed by atoms with Gasteiger partial charge in [0.2, 0.25) is 0 Å². The van der Waals surface area contributed by atoms with E-state index in [-0.39, 0.29) is 0 Å². The third-order valence-corrected chi connectivity index (χ3v) is 6.18. The van der Waals surface area contributed by atoms with Gasteiger partial charge in [-0.1, -0.05) is 0 Å². The van der Waals surface area contributed by atoms with E-state index in [4.69, 9.17) is 0 Å². The summed E-state index contributed by atoms with van der Waals surface area (Å²) in [6.07, 6.45) is 0. The van der Waals surface area contributed by atoms with Crippen LogP contribution in [0.15, 0.2) is 42.0 Å². The quantitative estimate of drug-likeness (QED) is 0.388. The number of thiophene rings is 2. The molecule has 0 saturated carbocycles. The molecule has 2 aromatic heterocycles. The average Bonchev–Trinajstić information content (AvgIpc) is 3.18. The normalized spacial score (nSPS) is 12.2. The Labute approximate surface area is 163 Å². The smallest absolute Gasteiger partial charge is 0.262 e. The van der Waals surface area contributed by atoms with Gasteiger partial charge >= 0.3 is 11.8 Å². The second-order valence-corrected chi connectivity index (χ2v) is 9.41. The van der Waals surface area contributed by atoms with E-state index in [0.29, 0.717) is 11.4 Å². The minimum Gasteiger partial charge on any atom is -0.262 e. The summed E-state index contributed by atoms with van der Waals surface area (Å²) < 4.78 is 1.92. The van der Waals surface area contributed by atoms with E-state index in [1.54, 1.807) is 13.8 Å². The fourth-order valence-electron chi connectivity index (χ4n) is 1.50. The van der Waals surface area contributed by atoms with E-state index in [9.17, 15) is 9.59 Å². The van der Waals surface area contributed by atoms with Crippen molar-refractivity contribution in [2.24, 2.45) is 10.2 Å². The molecule has 0 radical (unpaired) electrons. The number of carbonyl (C=O) groups excluding carboxylic acids is 2. The van der Waals surface area contributed by atoms with Gasteiger partial charge in [0.05, 0.1) is 28.8 Å². The number of hydrogen-bond donors (Lipinski definition) is 2. The zero-order valence-corrected chi connectivity index (χ0v) is 17.4. The second-order valence-electron chi connectivity index (χ2n) is 4.48. The maximum atomic E-state index is 11.7. The van der Waals surface area contributed by atoms with Crippen LogP contribution in [0, 0.1) is 0 Å². The van der Waals surface area contributed by atoms with Crippen LogP contribution in [0.2, 0.25) is 0 Å². The first-order chi connectivity index (χ1) is 11.4. The number of rotatable bonds is 4. The van der Waals surface area contributed by atoms with Crippen LogP contribution in [0.5, 0.6) is 0 Å². The van der Waals surface area contributed by atoms with Gasteiger partial charge in [0.1, 0.15) is 0 Å². The average molecular weight is 492 g/mol. The Morgan fingerprint density at radius 3 is 1.50 bits per heavy atom. The summed E-state index contributed by atoms with van der Waals surface area (Å²) in [7, 11) is 0. The van der Waals surface area contributed by atoms with Crippen molar-refractivity contribution in [2.75, 3.05) is 0 Å². The lowest BCUT2D eigenvalue weighted by molar-refractivity contribution is -0.139. The van der Waals surface area contributed by atoms with E-state index in [1.807, 2.05) is 24.3 Å². The molecular weight excluding hydrogens is 480 g/mol. The predicted octanol–water partition coefficient (Wildman–Crippen LogP) is 3.72. The molecule has 0 aliphatic heterocycles. The van der Waals surface area contributed by atoms with Crippen LogP contribution in [0.3, 0.4) is 0 Å². The van der Waals surface area contributed by atoms with Gasteiger partial charge in [0, 0.05) is 0 Å². The first-order valence-corrected chi connectivity index (χ1v) is 9.79. The van der Waals surface area contributed by atoms with Gasteiger partial charge in [0.15, 0.2) is 0 Å². The third kappa shape index (κ3) is 5.33. The highest BCUT2D eigenvalue weighted by atomic mass is 79.9. The van der Waals surface area contributed by atoms with Crippen molar-refractivity contribution in [1.82, 2.24) is 10.9 Å². The second kappa shape index (κ2) is 8.65. The molecule has 0 aromatic carbocycles. The van der Waals surface area contributed by atoms with Gasteiger partial charge in [-0.2, -0.15) is 10.2 Å². The molecule has 6 nitrogen and oxygen atoms in total. The predicted molar refractivity (Wildman–Crippen MR) is 105 cm³/mol. The lowest BCUT2D eigenvalue weighted by Crippen LogP contribution is -2.36. The first kappa shape index (κ1) is 19.0. The Morgan fingerprint density at radius 2 is 1.21 bits per heavy atom. The van der Waals surface area contributed by atoms with Gasteiger partial charge in [-0.05, 0) is 70.0 Å². The topological polar surface area (TPSA) is 82.9 Å². The third-order valence-electron chi connectivity index (χ3n) is 2.72. The van der Waals surface area contributed by atoms with Crippen LogP contribution in [-0.2, 0) is 9.59 Å². The minimum absolute atomic E-state index is 0.606. The summed E-state index contributed by atoms with van der Waals surface area (Å²) in [5.41, 5.74) is 5.64. The lowest BCUT2D eigenvalue weighted by atomic mass is 10.3. The number of nitrogens with one attached hydrogen (secondary N) is 2. The van der Waals surface area contributed by atoms with Crippen LogP contribution in [-0.4, -0.2) is 23.2 Å². The van der Waals surface area contributed by atoms with Crippen molar-refractivity contribution < 1.29 is 9.59 Å². The Morgan fingerprint density at radius 1 is 0.833 bits per heavy atom. The summed E-state index contributed by atoms with van der Waals surface area (Å²) in [6.45, 7) is 3.49. The highest BCUT2D eigenvalue weighted by Gasteiger charge is 2.13. The van der Waals surface area contributed by atoms with Crippen LogP contribution in [0.25, 0.3) is 0 Å². The zero-order valence-electron chi connectivity index (χ0n) is 12.6.